The van der Waals surface area contributed by atoms with Crippen molar-refractivity contribution in [1.29, 1.82) is 0 Å². The minimum atomic E-state index is -3.52. The molecule has 1 fully saturated rings. The molecule has 1 unspecified atom stereocenters. The van der Waals surface area contributed by atoms with Gasteiger partial charge in [0.25, 0.3) is 11.8 Å². The largest absolute Gasteiger partial charge is 0.495 e. The first-order valence-corrected chi connectivity index (χ1v) is 14.3. The molecular weight excluding hydrogens is 538 g/mol. The number of sulfonamides is 1. The van der Waals surface area contributed by atoms with Crippen molar-refractivity contribution in [3.05, 3.63) is 60.0 Å². The Kier molecular flexibility index (Phi) is 7.34. The first-order chi connectivity index (χ1) is 19.2. The standard InChI is InChI=1S/C26H27N7O6S/c1-39-19-14-30-22(18-13-28-20(15-27-18)31-40(2,37)38)23-21(19)17(12-29-23)24(34)26(36)33-10-8-32(9-11-33)25(35)16-6-4-3-5-7-16/h3-7,13-15,17,29H,8-12H2,1-2H3,(H,28,31). The SMILES string of the molecule is COc1cnc(-c2cnc(NS(C)(=O)=O)cn2)c2c1C(C(=O)C(=O)N1CCN(C(=O)c3ccccc3)CC1)CN2. The third-order valence-corrected chi connectivity index (χ3v) is 7.30. The molecule has 1 aromatic carbocycles. The number of carbonyl (C=O) groups excluding carboxylic acids is 3. The van der Waals surface area contributed by atoms with Crippen LogP contribution in [0.25, 0.3) is 11.4 Å². The van der Waals surface area contributed by atoms with Gasteiger partial charge in [0.15, 0.2) is 5.82 Å². The number of amides is 2. The molecule has 3 aromatic rings. The quantitative estimate of drug-likeness (QED) is 0.395. The number of ether oxygens (including phenoxy) is 1. The van der Waals surface area contributed by atoms with Gasteiger partial charge in [-0.1, -0.05) is 18.2 Å². The van der Waals surface area contributed by atoms with E-state index in [2.05, 4.69) is 25.0 Å². The molecule has 1 atom stereocenters. The molecule has 40 heavy (non-hydrogen) atoms. The van der Waals surface area contributed by atoms with Crippen LogP contribution in [0.1, 0.15) is 21.8 Å². The highest BCUT2D eigenvalue weighted by Crippen LogP contribution is 2.43. The van der Waals surface area contributed by atoms with E-state index in [9.17, 15) is 22.8 Å². The average molecular weight is 566 g/mol. The molecule has 0 spiro atoms. The number of Topliss-reactive ketones (excluding diaryl/α,β-unsaturated/α-hetero) is 1. The van der Waals surface area contributed by atoms with Crippen molar-refractivity contribution < 1.29 is 27.5 Å². The molecule has 14 heteroatoms. The van der Waals surface area contributed by atoms with E-state index in [1.165, 1.54) is 30.6 Å². The molecular formula is C26H27N7O6S. The second-order valence-corrected chi connectivity index (χ2v) is 11.1. The van der Waals surface area contributed by atoms with Gasteiger partial charge in [0, 0.05) is 43.9 Å². The van der Waals surface area contributed by atoms with Gasteiger partial charge in [-0.15, -0.1) is 0 Å². The zero-order valence-corrected chi connectivity index (χ0v) is 22.6. The number of anilines is 2. The summed E-state index contributed by atoms with van der Waals surface area (Å²) in [6, 6.07) is 8.93. The summed E-state index contributed by atoms with van der Waals surface area (Å²) < 4.78 is 30.6. The van der Waals surface area contributed by atoms with Crippen LogP contribution in [0.2, 0.25) is 0 Å². The Morgan fingerprint density at radius 1 is 0.975 bits per heavy atom. The third kappa shape index (κ3) is 5.43. The topological polar surface area (TPSA) is 164 Å². The number of carbonyl (C=O) groups is 3. The molecule has 5 rings (SSSR count). The summed E-state index contributed by atoms with van der Waals surface area (Å²) in [5.41, 5.74) is 2.27. The number of hydrogen-bond acceptors (Lipinski definition) is 10. The lowest BCUT2D eigenvalue weighted by molar-refractivity contribution is -0.146. The summed E-state index contributed by atoms with van der Waals surface area (Å²) >= 11 is 0. The van der Waals surface area contributed by atoms with E-state index in [1.807, 2.05) is 6.07 Å². The van der Waals surface area contributed by atoms with Crippen LogP contribution in [0.5, 0.6) is 5.75 Å². The number of nitrogens with one attached hydrogen (secondary N) is 2. The van der Waals surface area contributed by atoms with Gasteiger partial charge in [-0.25, -0.2) is 23.4 Å². The summed E-state index contributed by atoms with van der Waals surface area (Å²) in [5, 5.41) is 3.16. The van der Waals surface area contributed by atoms with Gasteiger partial charge in [0.05, 0.1) is 43.6 Å². The third-order valence-electron chi connectivity index (χ3n) is 6.72. The van der Waals surface area contributed by atoms with E-state index in [1.54, 1.807) is 29.2 Å². The van der Waals surface area contributed by atoms with E-state index in [4.69, 9.17) is 4.74 Å². The van der Waals surface area contributed by atoms with E-state index in [0.29, 0.717) is 47.0 Å². The summed E-state index contributed by atoms with van der Waals surface area (Å²) in [6.07, 6.45) is 5.08. The zero-order chi connectivity index (χ0) is 28.4. The fourth-order valence-corrected chi connectivity index (χ4v) is 5.28. The van der Waals surface area contributed by atoms with Gasteiger partial charge in [0.1, 0.15) is 17.1 Å². The van der Waals surface area contributed by atoms with Gasteiger partial charge in [-0.2, -0.15) is 0 Å². The van der Waals surface area contributed by atoms with Crippen molar-refractivity contribution in [2.75, 3.05) is 56.1 Å². The molecule has 2 N–H and O–H groups in total. The number of methoxy groups -OCH3 is 1. The lowest BCUT2D eigenvalue weighted by Gasteiger charge is -2.34. The number of benzene rings is 1. The number of fused-ring (bicyclic) bond motifs is 1. The van der Waals surface area contributed by atoms with E-state index in [-0.39, 0.29) is 31.4 Å². The number of ketones is 1. The van der Waals surface area contributed by atoms with Gasteiger partial charge >= 0.3 is 0 Å². The van der Waals surface area contributed by atoms with Crippen LogP contribution in [-0.2, 0) is 19.6 Å². The molecule has 0 saturated carbocycles. The molecule has 1 saturated heterocycles. The molecule has 2 aromatic heterocycles. The zero-order valence-electron chi connectivity index (χ0n) is 21.8. The van der Waals surface area contributed by atoms with Crippen LogP contribution >= 0.6 is 0 Å². The Hall–Kier alpha value is -4.59. The van der Waals surface area contributed by atoms with Crippen molar-refractivity contribution in [1.82, 2.24) is 24.8 Å². The Morgan fingerprint density at radius 3 is 2.30 bits per heavy atom. The summed E-state index contributed by atoms with van der Waals surface area (Å²) in [6.45, 7) is 1.30. The summed E-state index contributed by atoms with van der Waals surface area (Å²) in [7, 11) is -2.07. The van der Waals surface area contributed by atoms with Crippen molar-refractivity contribution >= 4 is 39.1 Å². The lowest BCUT2D eigenvalue weighted by atomic mass is 9.94. The maximum atomic E-state index is 13.5. The molecule has 0 bridgehead atoms. The maximum Gasteiger partial charge on any atom is 0.290 e. The lowest BCUT2D eigenvalue weighted by Crippen LogP contribution is -2.52. The number of piperazine rings is 1. The highest BCUT2D eigenvalue weighted by atomic mass is 32.2. The van der Waals surface area contributed by atoms with Crippen LogP contribution in [0, 0.1) is 0 Å². The first-order valence-electron chi connectivity index (χ1n) is 12.4. The fourth-order valence-electron chi connectivity index (χ4n) is 4.79. The Labute approximate surface area is 230 Å². The molecule has 4 heterocycles. The Balaban J connectivity index is 1.32. The smallest absolute Gasteiger partial charge is 0.290 e. The van der Waals surface area contributed by atoms with Crippen molar-refractivity contribution in [2.45, 2.75) is 5.92 Å². The van der Waals surface area contributed by atoms with Crippen molar-refractivity contribution in [3.8, 4) is 17.1 Å². The normalized spacial score (nSPS) is 16.6. The van der Waals surface area contributed by atoms with Crippen LogP contribution < -0.4 is 14.8 Å². The highest BCUT2D eigenvalue weighted by Gasteiger charge is 2.40. The van der Waals surface area contributed by atoms with Crippen LogP contribution in [0.4, 0.5) is 11.5 Å². The molecule has 208 valence electrons. The summed E-state index contributed by atoms with van der Waals surface area (Å²) in [5.74, 6) is -1.75. The van der Waals surface area contributed by atoms with E-state index in [0.717, 1.165) is 6.26 Å². The van der Waals surface area contributed by atoms with E-state index < -0.39 is 27.6 Å². The second-order valence-electron chi connectivity index (χ2n) is 9.37. The van der Waals surface area contributed by atoms with Crippen LogP contribution in [0.15, 0.2) is 48.9 Å². The van der Waals surface area contributed by atoms with Gasteiger partial charge in [0.2, 0.25) is 15.8 Å². The minimum Gasteiger partial charge on any atom is -0.495 e. The predicted octanol–water partition coefficient (Wildman–Crippen LogP) is 0.981. The fraction of sp³-hybridized carbons (Fsp3) is 0.308. The molecule has 13 nitrogen and oxygen atoms in total. The predicted molar refractivity (Wildman–Crippen MR) is 145 cm³/mol. The molecule has 2 aliphatic rings. The van der Waals surface area contributed by atoms with Gasteiger partial charge in [-0.05, 0) is 12.1 Å². The first kappa shape index (κ1) is 27.0. The number of aromatic nitrogens is 3. The molecule has 0 radical (unpaired) electrons. The number of hydrogen-bond donors (Lipinski definition) is 2. The minimum absolute atomic E-state index is 0.0496. The van der Waals surface area contributed by atoms with Gasteiger partial charge < -0.3 is 19.9 Å². The second kappa shape index (κ2) is 10.9. The van der Waals surface area contributed by atoms with Gasteiger partial charge in [-0.3, -0.25) is 19.1 Å². The van der Waals surface area contributed by atoms with Crippen molar-refractivity contribution in [2.24, 2.45) is 0 Å². The number of rotatable bonds is 7. The number of nitrogens with zero attached hydrogens (tertiary/aromatic N) is 5. The van der Waals surface area contributed by atoms with E-state index >= 15 is 0 Å². The summed E-state index contributed by atoms with van der Waals surface area (Å²) in [4.78, 5) is 55.4. The Morgan fingerprint density at radius 2 is 1.68 bits per heavy atom. The highest BCUT2D eigenvalue weighted by molar-refractivity contribution is 7.92. The van der Waals surface area contributed by atoms with Crippen molar-refractivity contribution in [3.63, 3.8) is 0 Å². The maximum absolute atomic E-state index is 13.5. The number of pyridine rings is 1. The van der Waals surface area contributed by atoms with Crippen LogP contribution in [0.3, 0.4) is 0 Å². The molecule has 0 aliphatic carbocycles. The Bertz CT molecular complexity index is 1560. The molecule has 2 aliphatic heterocycles. The average Bonchev–Trinajstić information content (AvgIpc) is 3.41. The molecule has 2 amide bonds. The van der Waals surface area contributed by atoms with Crippen LogP contribution in [-0.4, -0.2) is 96.9 Å². The monoisotopic (exact) mass is 565 g/mol.